The number of nitrogens with zero attached hydrogens (tertiary/aromatic N) is 2. The van der Waals surface area contributed by atoms with Crippen LogP contribution in [0.5, 0.6) is 5.88 Å². The molecule has 3 aromatic rings. The summed E-state index contributed by atoms with van der Waals surface area (Å²) >= 11 is 0. The number of benzene rings is 2. The van der Waals surface area contributed by atoms with Gasteiger partial charge in [-0.2, -0.15) is 23.0 Å². The molecule has 11 heteroatoms. The zero-order valence-corrected chi connectivity index (χ0v) is 15.6. The summed E-state index contributed by atoms with van der Waals surface area (Å²) in [6.45, 7) is 0. The first kappa shape index (κ1) is 21.8. The van der Waals surface area contributed by atoms with Gasteiger partial charge in [0.05, 0.1) is 18.0 Å². The fourth-order valence-corrected chi connectivity index (χ4v) is 2.87. The number of aliphatic carboxylic acids is 1. The average molecular weight is 437 g/mol. The van der Waals surface area contributed by atoms with E-state index in [2.05, 4.69) is 10.4 Å². The van der Waals surface area contributed by atoms with Crippen molar-refractivity contribution in [2.24, 2.45) is 0 Å². The number of nitrogens with one attached hydrogen (secondary N) is 1. The highest BCUT2D eigenvalue weighted by atomic mass is 19.4. The van der Waals surface area contributed by atoms with Crippen molar-refractivity contribution >= 4 is 11.9 Å². The molecule has 0 fully saturated rings. The summed E-state index contributed by atoms with van der Waals surface area (Å²) in [5.74, 6) is -3.61. The molecule has 0 aliphatic heterocycles. The third kappa shape index (κ3) is 5.00. The van der Waals surface area contributed by atoms with Gasteiger partial charge in [-0.15, -0.1) is 0 Å². The van der Waals surface area contributed by atoms with Gasteiger partial charge >= 0.3 is 12.1 Å². The van der Waals surface area contributed by atoms with Crippen LogP contribution in [0.15, 0.2) is 54.6 Å². The highest BCUT2D eigenvalue weighted by Gasteiger charge is 2.31. The van der Waals surface area contributed by atoms with Crippen LogP contribution in [0.25, 0.3) is 5.69 Å². The summed E-state index contributed by atoms with van der Waals surface area (Å²) < 4.78 is 53.7. The van der Waals surface area contributed by atoms with Crippen molar-refractivity contribution in [3.8, 4) is 11.6 Å². The van der Waals surface area contributed by atoms with E-state index < -0.39 is 47.8 Å². The maximum Gasteiger partial charge on any atom is 0.416 e. The van der Waals surface area contributed by atoms with Crippen molar-refractivity contribution in [1.29, 1.82) is 0 Å². The number of amides is 1. The largest absolute Gasteiger partial charge is 0.493 e. The Morgan fingerprint density at radius 3 is 2.45 bits per heavy atom. The molecule has 7 nitrogen and oxygen atoms in total. The van der Waals surface area contributed by atoms with E-state index in [0.29, 0.717) is 0 Å². The molecule has 0 unspecified atom stereocenters. The number of aromatic nitrogens is 2. The second kappa shape index (κ2) is 8.46. The summed E-state index contributed by atoms with van der Waals surface area (Å²) in [6, 6.07) is 8.83. The van der Waals surface area contributed by atoms with E-state index in [1.54, 1.807) is 0 Å². The Morgan fingerprint density at radius 2 is 1.81 bits per heavy atom. The number of carbonyl (C=O) groups is 2. The fourth-order valence-electron chi connectivity index (χ4n) is 2.87. The Kier molecular flexibility index (Phi) is 5.95. The molecule has 0 saturated carbocycles. The van der Waals surface area contributed by atoms with Crippen LogP contribution < -0.4 is 5.32 Å². The predicted octanol–water partition coefficient (Wildman–Crippen LogP) is 3.68. The fraction of sp³-hybridized carbons (Fsp3) is 0.150. The summed E-state index contributed by atoms with van der Waals surface area (Å²) in [5, 5.41) is 25.2. The van der Waals surface area contributed by atoms with E-state index in [1.807, 2.05) is 0 Å². The third-order valence-corrected chi connectivity index (χ3v) is 4.30. The van der Waals surface area contributed by atoms with E-state index in [1.165, 1.54) is 24.3 Å². The highest BCUT2D eigenvalue weighted by Crippen LogP contribution is 2.31. The van der Waals surface area contributed by atoms with Crippen LogP contribution in [0.3, 0.4) is 0 Å². The maximum absolute atomic E-state index is 13.9. The molecule has 0 spiro atoms. The normalized spacial score (nSPS) is 12.4. The molecule has 3 rings (SSSR count). The molecule has 2 aromatic carbocycles. The number of carboxylic acid groups (broad SMARTS) is 1. The Balaban J connectivity index is 1.90. The molecule has 0 saturated heterocycles. The minimum atomic E-state index is -4.65. The molecule has 3 N–H and O–H groups in total. The number of alkyl halides is 3. The number of halogens is 4. The lowest BCUT2D eigenvalue weighted by atomic mass is 10.0. The lowest BCUT2D eigenvalue weighted by molar-refractivity contribution is -0.138. The number of para-hydroxylation sites is 1. The van der Waals surface area contributed by atoms with Crippen molar-refractivity contribution < 1.29 is 37.4 Å². The molecule has 0 aliphatic carbocycles. The molecule has 0 radical (unpaired) electrons. The zero-order chi connectivity index (χ0) is 22.8. The van der Waals surface area contributed by atoms with E-state index in [-0.39, 0.29) is 16.9 Å². The minimum absolute atomic E-state index is 0.0802. The minimum Gasteiger partial charge on any atom is -0.493 e. The molecule has 1 atom stereocenters. The first-order chi connectivity index (χ1) is 14.6. The Bertz CT molecular complexity index is 1130. The molecule has 0 aliphatic rings. The van der Waals surface area contributed by atoms with Gasteiger partial charge in [-0.05, 0) is 29.8 Å². The molecule has 1 heterocycles. The van der Waals surface area contributed by atoms with Crippen molar-refractivity contribution in [2.75, 3.05) is 0 Å². The highest BCUT2D eigenvalue weighted by molar-refractivity contribution is 5.93. The molecular weight excluding hydrogens is 422 g/mol. The number of aromatic hydroxyl groups is 1. The number of hydrogen-bond acceptors (Lipinski definition) is 4. The maximum atomic E-state index is 13.9. The van der Waals surface area contributed by atoms with Gasteiger partial charge in [0, 0.05) is 6.07 Å². The van der Waals surface area contributed by atoms with Gasteiger partial charge in [-0.3, -0.25) is 9.59 Å². The van der Waals surface area contributed by atoms with Gasteiger partial charge in [-0.1, -0.05) is 24.3 Å². The number of carbonyl (C=O) groups excluding carboxylic acids is 1. The summed E-state index contributed by atoms with van der Waals surface area (Å²) in [5.41, 5.74) is -1.61. The van der Waals surface area contributed by atoms with Crippen LogP contribution in [0.1, 0.15) is 34.1 Å². The van der Waals surface area contributed by atoms with E-state index in [4.69, 9.17) is 5.11 Å². The topological polar surface area (TPSA) is 104 Å². The summed E-state index contributed by atoms with van der Waals surface area (Å²) in [6.07, 6.45) is -5.36. The smallest absolute Gasteiger partial charge is 0.416 e. The van der Waals surface area contributed by atoms with E-state index in [0.717, 1.165) is 35.0 Å². The molecule has 1 amide bonds. The quantitative estimate of drug-likeness (QED) is 0.511. The Morgan fingerprint density at radius 1 is 1.10 bits per heavy atom. The Labute approximate surface area is 172 Å². The molecule has 31 heavy (non-hydrogen) atoms. The molecule has 1 aromatic heterocycles. The standard InChI is InChI=1S/C20H15F4N3O4/c21-13-6-1-2-7-16(13)27-17(28)9-15(26-27)19(31)25-14(10-18(29)30)11-4-3-5-12(8-11)20(22,23)24/h1-9,14,28H,10H2,(H,25,31)(H,29,30)/t14-/m0/s1. The molecule has 0 bridgehead atoms. The van der Waals surface area contributed by atoms with Crippen LogP contribution in [-0.2, 0) is 11.0 Å². The van der Waals surface area contributed by atoms with Crippen molar-refractivity contribution in [2.45, 2.75) is 18.6 Å². The first-order valence-corrected chi connectivity index (χ1v) is 8.80. The lowest BCUT2D eigenvalue weighted by Gasteiger charge is -2.18. The van der Waals surface area contributed by atoms with Crippen LogP contribution >= 0.6 is 0 Å². The lowest BCUT2D eigenvalue weighted by Crippen LogP contribution is -2.30. The molecular formula is C20H15F4N3O4. The van der Waals surface area contributed by atoms with Crippen LogP contribution in [0.4, 0.5) is 17.6 Å². The van der Waals surface area contributed by atoms with Crippen molar-refractivity contribution in [1.82, 2.24) is 15.1 Å². The Hall–Kier alpha value is -3.89. The number of hydrogen-bond donors (Lipinski definition) is 3. The van der Waals surface area contributed by atoms with Gasteiger partial charge in [0.2, 0.25) is 5.88 Å². The summed E-state index contributed by atoms with van der Waals surface area (Å²) in [4.78, 5) is 23.8. The average Bonchev–Trinajstić information content (AvgIpc) is 3.08. The van der Waals surface area contributed by atoms with Crippen LogP contribution in [0, 0.1) is 5.82 Å². The summed E-state index contributed by atoms with van der Waals surface area (Å²) in [7, 11) is 0. The second-order valence-corrected chi connectivity index (χ2v) is 6.50. The SMILES string of the molecule is O=C(O)C[C@H](NC(=O)c1cc(O)n(-c2ccccc2F)n1)c1cccc(C(F)(F)F)c1. The van der Waals surface area contributed by atoms with Crippen LogP contribution in [-0.4, -0.2) is 31.9 Å². The predicted molar refractivity (Wildman–Crippen MR) is 99.1 cm³/mol. The first-order valence-electron chi connectivity index (χ1n) is 8.80. The number of rotatable bonds is 6. The van der Waals surface area contributed by atoms with Gasteiger partial charge in [0.25, 0.3) is 5.91 Å². The third-order valence-electron chi connectivity index (χ3n) is 4.30. The van der Waals surface area contributed by atoms with E-state index in [9.17, 15) is 32.3 Å². The van der Waals surface area contributed by atoms with Crippen molar-refractivity contribution in [3.05, 3.63) is 77.2 Å². The monoisotopic (exact) mass is 437 g/mol. The second-order valence-electron chi connectivity index (χ2n) is 6.50. The molecule has 162 valence electrons. The van der Waals surface area contributed by atoms with Crippen LogP contribution in [0.2, 0.25) is 0 Å². The van der Waals surface area contributed by atoms with Gasteiger partial charge in [-0.25, -0.2) is 4.39 Å². The number of carboxylic acids is 1. The van der Waals surface area contributed by atoms with Gasteiger partial charge in [0.15, 0.2) is 5.69 Å². The van der Waals surface area contributed by atoms with Gasteiger partial charge in [0.1, 0.15) is 11.5 Å². The van der Waals surface area contributed by atoms with E-state index >= 15 is 0 Å². The zero-order valence-electron chi connectivity index (χ0n) is 15.6. The van der Waals surface area contributed by atoms with Gasteiger partial charge < -0.3 is 15.5 Å². The van der Waals surface area contributed by atoms with Crippen molar-refractivity contribution in [3.63, 3.8) is 0 Å².